The molecule has 2 aliphatic rings. The van der Waals surface area contributed by atoms with Crippen LogP contribution in [0.25, 0.3) is 0 Å². The second-order valence-electron chi connectivity index (χ2n) is 5.50. The number of hydrogen-bond acceptors (Lipinski definition) is 2. The van der Waals surface area contributed by atoms with Gasteiger partial charge in [-0.2, -0.15) is 0 Å². The Kier molecular flexibility index (Phi) is 3.15. The van der Waals surface area contributed by atoms with Gasteiger partial charge in [0, 0.05) is 5.56 Å². The van der Waals surface area contributed by atoms with Crippen molar-refractivity contribution < 1.29 is 9.84 Å². The van der Waals surface area contributed by atoms with Gasteiger partial charge in [-0.15, -0.1) is 0 Å². The third-order valence-corrected chi connectivity index (χ3v) is 5.06. The normalized spacial score (nSPS) is 21.1. The number of aliphatic hydroxyl groups is 1. The molecule has 1 aromatic rings. The van der Waals surface area contributed by atoms with Crippen LogP contribution in [0.2, 0.25) is 0 Å². The standard InChI is InChI=1S/C15H19BrO2/c1-18-14-12(15(17)7-8-15)9-10-5-3-2-4-6-11(10)13(14)16/h9,17H,2-8H2,1H3. The fraction of sp³-hybridized carbons (Fsp3) is 0.600. The molecule has 0 heterocycles. The van der Waals surface area contributed by atoms with Gasteiger partial charge in [0.1, 0.15) is 5.75 Å². The van der Waals surface area contributed by atoms with E-state index < -0.39 is 5.60 Å². The van der Waals surface area contributed by atoms with Crippen molar-refractivity contribution in [2.45, 2.75) is 50.5 Å². The van der Waals surface area contributed by atoms with Gasteiger partial charge in [0.25, 0.3) is 0 Å². The number of benzene rings is 1. The molecule has 98 valence electrons. The average Bonchev–Trinajstić information content (AvgIpc) is 3.13. The van der Waals surface area contributed by atoms with Gasteiger partial charge in [0.2, 0.25) is 0 Å². The van der Waals surface area contributed by atoms with Gasteiger partial charge >= 0.3 is 0 Å². The number of methoxy groups -OCH3 is 1. The fourth-order valence-corrected chi connectivity index (χ4v) is 3.77. The van der Waals surface area contributed by atoms with Crippen LogP contribution in [0.3, 0.4) is 0 Å². The van der Waals surface area contributed by atoms with Crippen molar-refractivity contribution in [2.24, 2.45) is 0 Å². The molecule has 1 aromatic carbocycles. The molecule has 0 amide bonds. The van der Waals surface area contributed by atoms with Gasteiger partial charge in [0.15, 0.2) is 0 Å². The van der Waals surface area contributed by atoms with Crippen LogP contribution in [0.4, 0.5) is 0 Å². The minimum atomic E-state index is -0.630. The van der Waals surface area contributed by atoms with Crippen molar-refractivity contribution >= 4 is 15.9 Å². The van der Waals surface area contributed by atoms with E-state index in [4.69, 9.17) is 4.74 Å². The lowest BCUT2D eigenvalue weighted by Crippen LogP contribution is -2.10. The minimum Gasteiger partial charge on any atom is -0.495 e. The number of aryl methyl sites for hydroxylation is 1. The lowest BCUT2D eigenvalue weighted by Gasteiger charge is -2.20. The molecule has 1 N–H and O–H groups in total. The first-order valence-corrected chi connectivity index (χ1v) is 7.56. The van der Waals surface area contributed by atoms with E-state index >= 15 is 0 Å². The smallest absolute Gasteiger partial charge is 0.139 e. The highest BCUT2D eigenvalue weighted by Gasteiger charge is 2.45. The summed E-state index contributed by atoms with van der Waals surface area (Å²) in [6.45, 7) is 0. The molecular formula is C15H19BrO2. The summed E-state index contributed by atoms with van der Waals surface area (Å²) >= 11 is 3.70. The number of ether oxygens (including phenoxy) is 1. The number of hydrogen-bond donors (Lipinski definition) is 1. The van der Waals surface area contributed by atoms with Crippen molar-refractivity contribution in [1.29, 1.82) is 0 Å². The second-order valence-corrected chi connectivity index (χ2v) is 6.29. The van der Waals surface area contributed by atoms with E-state index in [1.54, 1.807) is 7.11 Å². The maximum absolute atomic E-state index is 10.4. The molecule has 0 radical (unpaired) electrons. The maximum atomic E-state index is 10.4. The SMILES string of the molecule is COc1c(C2(O)CC2)cc2c(c1Br)CCCCC2. The van der Waals surface area contributed by atoms with Gasteiger partial charge in [-0.3, -0.25) is 0 Å². The molecule has 3 heteroatoms. The van der Waals surface area contributed by atoms with E-state index in [0.717, 1.165) is 41.5 Å². The summed E-state index contributed by atoms with van der Waals surface area (Å²) in [5.74, 6) is 0.843. The molecule has 0 saturated heterocycles. The van der Waals surface area contributed by atoms with Crippen LogP contribution in [-0.2, 0) is 18.4 Å². The monoisotopic (exact) mass is 310 g/mol. The van der Waals surface area contributed by atoms with Crippen molar-refractivity contribution in [2.75, 3.05) is 7.11 Å². The Morgan fingerprint density at radius 3 is 2.61 bits per heavy atom. The predicted molar refractivity (Wildman–Crippen MR) is 75.1 cm³/mol. The molecule has 0 spiro atoms. The third kappa shape index (κ3) is 1.97. The highest BCUT2D eigenvalue weighted by molar-refractivity contribution is 9.10. The molecule has 1 fully saturated rings. The number of fused-ring (bicyclic) bond motifs is 1. The van der Waals surface area contributed by atoms with Crippen LogP contribution >= 0.6 is 15.9 Å². The van der Waals surface area contributed by atoms with Crippen LogP contribution in [0.5, 0.6) is 5.75 Å². The topological polar surface area (TPSA) is 29.5 Å². The number of halogens is 1. The minimum absolute atomic E-state index is 0.630. The van der Waals surface area contributed by atoms with Crippen LogP contribution in [0, 0.1) is 0 Å². The number of rotatable bonds is 2. The molecule has 0 bridgehead atoms. The lowest BCUT2D eigenvalue weighted by atomic mass is 9.95. The molecule has 0 aliphatic heterocycles. The molecular weight excluding hydrogens is 292 g/mol. The second kappa shape index (κ2) is 4.53. The van der Waals surface area contributed by atoms with E-state index in [2.05, 4.69) is 22.0 Å². The molecule has 18 heavy (non-hydrogen) atoms. The predicted octanol–water partition coefficient (Wildman–Crippen LogP) is 3.71. The average molecular weight is 311 g/mol. The van der Waals surface area contributed by atoms with Crippen molar-refractivity contribution in [3.63, 3.8) is 0 Å². The summed E-state index contributed by atoms with van der Waals surface area (Å²) in [4.78, 5) is 0. The van der Waals surface area contributed by atoms with Crippen molar-refractivity contribution in [1.82, 2.24) is 0 Å². The van der Waals surface area contributed by atoms with Crippen molar-refractivity contribution in [3.05, 3.63) is 27.2 Å². The molecule has 0 atom stereocenters. The summed E-state index contributed by atoms with van der Waals surface area (Å²) in [6, 6.07) is 2.19. The quantitative estimate of drug-likeness (QED) is 0.844. The van der Waals surface area contributed by atoms with Crippen LogP contribution in [0.1, 0.15) is 48.8 Å². The van der Waals surface area contributed by atoms with E-state index in [-0.39, 0.29) is 0 Å². The summed E-state index contributed by atoms with van der Waals surface area (Å²) in [7, 11) is 1.69. The Morgan fingerprint density at radius 1 is 1.22 bits per heavy atom. The van der Waals surface area contributed by atoms with Gasteiger partial charge in [-0.1, -0.05) is 6.42 Å². The largest absolute Gasteiger partial charge is 0.495 e. The summed E-state index contributed by atoms with van der Waals surface area (Å²) in [5.41, 5.74) is 3.14. The zero-order valence-corrected chi connectivity index (χ0v) is 12.3. The van der Waals surface area contributed by atoms with Crippen LogP contribution in [0.15, 0.2) is 10.5 Å². The summed E-state index contributed by atoms with van der Waals surface area (Å²) in [5, 5.41) is 10.4. The molecule has 1 saturated carbocycles. The van der Waals surface area contributed by atoms with E-state index in [1.807, 2.05) is 0 Å². The zero-order chi connectivity index (χ0) is 12.8. The lowest BCUT2D eigenvalue weighted by molar-refractivity contribution is 0.147. The van der Waals surface area contributed by atoms with E-state index in [9.17, 15) is 5.11 Å². The summed E-state index contributed by atoms with van der Waals surface area (Å²) in [6.07, 6.45) is 7.75. The van der Waals surface area contributed by atoms with E-state index in [1.165, 1.54) is 30.4 Å². The molecule has 0 unspecified atom stereocenters. The Bertz CT molecular complexity index is 478. The van der Waals surface area contributed by atoms with Gasteiger partial charge in [0.05, 0.1) is 17.2 Å². The Morgan fingerprint density at radius 2 is 1.94 bits per heavy atom. The Balaban J connectivity index is 2.15. The Hall–Kier alpha value is -0.540. The van der Waals surface area contributed by atoms with E-state index in [0.29, 0.717) is 0 Å². The van der Waals surface area contributed by atoms with Gasteiger partial charge in [-0.25, -0.2) is 0 Å². The molecule has 3 rings (SSSR count). The maximum Gasteiger partial charge on any atom is 0.139 e. The Labute approximate surface area is 116 Å². The molecule has 2 aliphatic carbocycles. The van der Waals surface area contributed by atoms with Gasteiger partial charge < -0.3 is 9.84 Å². The summed E-state index contributed by atoms with van der Waals surface area (Å²) < 4.78 is 6.61. The first-order valence-electron chi connectivity index (χ1n) is 6.77. The molecule has 2 nitrogen and oxygen atoms in total. The highest BCUT2D eigenvalue weighted by Crippen LogP contribution is 2.52. The molecule has 0 aromatic heterocycles. The highest BCUT2D eigenvalue weighted by atomic mass is 79.9. The zero-order valence-electron chi connectivity index (χ0n) is 10.8. The van der Waals surface area contributed by atoms with Gasteiger partial charge in [-0.05, 0) is 71.6 Å². The van der Waals surface area contributed by atoms with Crippen LogP contribution in [-0.4, -0.2) is 12.2 Å². The third-order valence-electron chi connectivity index (χ3n) is 4.22. The first kappa shape index (κ1) is 12.5. The van der Waals surface area contributed by atoms with Crippen LogP contribution < -0.4 is 4.74 Å². The first-order chi connectivity index (χ1) is 8.65. The fourth-order valence-electron chi connectivity index (χ4n) is 2.94. The van der Waals surface area contributed by atoms with Crippen molar-refractivity contribution in [3.8, 4) is 5.75 Å².